The van der Waals surface area contributed by atoms with Crippen molar-refractivity contribution in [1.82, 2.24) is 10.2 Å². The lowest BCUT2D eigenvalue weighted by atomic mass is 9.43. The SMILES string of the molecule is CC(C)(C)OC(=O)NC12CC(N3CC(C4CC(O)C4)OC3=O)(C1)C2. The molecule has 5 aliphatic rings. The van der Waals surface area contributed by atoms with Gasteiger partial charge >= 0.3 is 12.2 Å². The van der Waals surface area contributed by atoms with Gasteiger partial charge in [-0.1, -0.05) is 0 Å². The van der Waals surface area contributed by atoms with Crippen LogP contribution in [0.3, 0.4) is 0 Å². The van der Waals surface area contributed by atoms with Crippen LogP contribution in [0.4, 0.5) is 9.59 Å². The van der Waals surface area contributed by atoms with Gasteiger partial charge in [-0.2, -0.15) is 0 Å². The third kappa shape index (κ3) is 2.44. The molecule has 7 heteroatoms. The summed E-state index contributed by atoms with van der Waals surface area (Å²) in [7, 11) is 0. The first-order valence-electron chi connectivity index (χ1n) is 8.77. The molecule has 1 unspecified atom stereocenters. The van der Waals surface area contributed by atoms with E-state index in [9.17, 15) is 14.7 Å². The Bertz CT molecular complexity index is 558. The maximum Gasteiger partial charge on any atom is 0.410 e. The van der Waals surface area contributed by atoms with Crippen LogP contribution < -0.4 is 5.32 Å². The number of hydrogen-bond donors (Lipinski definition) is 2. The number of amides is 2. The van der Waals surface area contributed by atoms with Gasteiger partial charge in [0.1, 0.15) is 11.7 Å². The molecule has 4 aliphatic carbocycles. The molecule has 0 aromatic heterocycles. The molecule has 1 atom stereocenters. The summed E-state index contributed by atoms with van der Waals surface area (Å²) in [4.78, 5) is 26.0. The van der Waals surface area contributed by atoms with Crippen molar-refractivity contribution in [1.29, 1.82) is 0 Å². The second-order valence-corrected chi connectivity index (χ2v) is 9.08. The quantitative estimate of drug-likeness (QED) is 0.819. The molecule has 1 saturated heterocycles. The van der Waals surface area contributed by atoms with Crippen LogP contribution in [-0.2, 0) is 9.47 Å². The molecule has 1 aliphatic heterocycles. The van der Waals surface area contributed by atoms with Crippen molar-refractivity contribution >= 4 is 12.2 Å². The van der Waals surface area contributed by atoms with Crippen LogP contribution in [0.5, 0.6) is 0 Å². The summed E-state index contributed by atoms with van der Waals surface area (Å²) >= 11 is 0. The molecule has 2 N–H and O–H groups in total. The lowest BCUT2D eigenvalue weighted by molar-refractivity contribution is -0.154. The van der Waals surface area contributed by atoms with Gasteiger partial charge < -0.3 is 19.9 Å². The minimum atomic E-state index is -0.509. The standard InChI is InChI=1S/C17H26N2O5/c1-15(2,3)24-13(21)18-16-7-17(8-16,9-16)19-6-12(23-14(19)22)10-4-11(20)5-10/h10-12,20H,4-9H2,1-3H3,(H,18,21). The van der Waals surface area contributed by atoms with E-state index in [2.05, 4.69) is 5.32 Å². The van der Waals surface area contributed by atoms with Gasteiger partial charge in [0, 0.05) is 5.92 Å². The Labute approximate surface area is 141 Å². The molecule has 0 radical (unpaired) electrons. The number of hydrogen-bond acceptors (Lipinski definition) is 5. The minimum absolute atomic E-state index is 0.0929. The van der Waals surface area contributed by atoms with Crippen molar-refractivity contribution in [3.8, 4) is 0 Å². The molecule has 0 spiro atoms. The molecule has 7 nitrogen and oxygen atoms in total. The van der Waals surface area contributed by atoms with Gasteiger partial charge in [0.15, 0.2) is 0 Å². The summed E-state index contributed by atoms with van der Waals surface area (Å²) in [5.41, 5.74) is -0.874. The van der Waals surface area contributed by atoms with E-state index in [-0.39, 0.29) is 41.4 Å². The number of cyclic esters (lactones) is 1. The lowest BCUT2D eigenvalue weighted by Crippen LogP contribution is -2.84. The summed E-state index contributed by atoms with van der Waals surface area (Å²) in [6.45, 7) is 6.13. The maximum atomic E-state index is 12.2. The number of carbonyl (C=O) groups is 2. The summed E-state index contributed by atoms with van der Waals surface area (Å²) in [6, 6.07) is 0. The molecule has 4 saturated carbocycles. The van der Waals surface area contributed by atoms with E-state index in [4.69, 9.17) is 9.47 Å². The van der Waals surface area contributed by atoms with Crippen LogP contribution in [0.25, 0.3) is 0 Å². The zero-order valence-corrected chi connectivity index (χ0v) is 14.5. The Morgan fingerprint density at radius 2 is 1.96 bits per heavy atom. The molecular formula is C17H26N2O5. The average Bonchev–Trinajstić information content (AvgIpc) is 2.67. The Morgan fingerprint density at radius 3 is 2.50 bits per heavy atom. The summed E-state index contributed by atoms with van der Waals surface area (Å²) < 4.78 is 10.8. The fourth-order valence-corrected chi connectivity index (χ4v) is 4.72. The van der Waals surface area contributed by atoms with Gasteiger partial charge in [-0.25, -0.2) is 9.59 Å². The zero-order valence-electron chi connectivity index (χ0n) is 14.5. The normalized spacial score (nSPS) is 43.2. The second kappa shape index (κ2) is 4.77. The van der Waals surface area contributed by atoms with Gasteiger partial charge in [-0.05, 0) is 52.9 Å². The first kappa shape index (κ1) is 16.0. The molecule has 1 heterocycles. The number of carbonyl (C=O) groups excluding carboxylic acids is 2. The number of alkyl carbamates (subject to hydrolysis) is 1. The summed E-state index contributed by atoms with van der Waals surface area (Å²) in [6.07, 6.45) is 2.81. The number of aliphatic hydroxyl groups is 1. The Morgan fingerprint density at radius 1 is 1.33 bits per heavy atom. The summed E-state index contributed by atoms with van der Waals surface area (Å²) in [5, 5.41) is 12.4. The molecule has 5 rings (SSSR count). The largest absolute Gasteiger partial charge is 0.444 e. The fraction of sp³-hybridized carbons (Fsp3) is 0.882. The fourth-order valence-electron chi connectivity index (χ4n) is 4.72. The highest BCUT2D eigenvalue weighted by atomic mass is 16.6. The molecule has 5 fully saturated rings. The highest BCUT2D eigenvalue weighted by Gasteiger charge is 2.73. The molecule has 2 amide bonds. The van der Waals surface area contributed by atoms with Crippen LogP contribution in [0.15, 0.2) is 0 Å². The molecule has 0 aromatic carbocycles. The van der Waals surface area contributed by atoms with Crippen LogP contribution in [0, 0.1) is 5.92 Å². The van der Waals surface area contributed by atoms with E-state index in [1.807, 2.05) is 25.7 Å². The topological polar surface area (TPSA) is 88.1 Å². The number of rotatable bonds is 3. The van der Waals surface area contributed by atoms with Crippen LogP contribution >= 0.6 is 0 Å². The van der Waals surface area contributed by atoms with E-state index in [0.29, 0.717) is 6.54 Å². The second-order valence-electron chi connectivity index (χ2n) is 9.08. The highest BCUT2D eigenvalue weighted by molar-refractivity contribution is 5.74. The van der Waals surface area contributed by atoms with E-state index in [1.165, 1.54) is 0 Å². The highest BCUT2D eigenvalue weighted by Crippen LogP contribution is 2.64. The van der Waals surface area contributed by atoms with Crippen molar-refractivity contribution in [2.75, 3.05) is 6.54 Å². The predicted octanol–water partition coefficient (Wildman–Crippen LogP) is 1.78. The molecule has 2 bridgehead atoms. The van der Waals surface area contributed by atoms with Crippen LogP contribution in [0.1, 0.15) is 52.9 Å². The lowest BCUT2D eigenvalue weighted by Gasteiger charge is -2.72. The van der Waals surface area contributed by atoms with Crippen LogP contribution in [-0.4, -0.2) is 57.6 Å². The monoisotopic (exact) mass is 338 g/mol. The molecule has 0 aromatic rings. The van der Waals surface area contributed by atoms with E-state index < -0.39 is 5.60 Å². The molecule has 24 heavy (non-hydrogen) atoms. The Balaban J connectivity index is 1.30. The van der Waals surface area contributed by atoms with E-state index in [1.54, 1.807) is 0 Å². The Hall–Kier alpha value is -1.50. The van der Waals surface area contributed by atoms with Gasteiger partial charge in [0.25, 0.3) is 0 Å². The van der Waals surface area contributed by atoms with E-state index >= 15 is 0 Å². The third-order valence-corrected chi connectivity index (χ3v) is 5.85. The van der Waals surface area contributed by atoms with Gasteiger partial charge in [-0.15, -0.1) is 0 Å². The van der Waals surface area contributed by atoms with Crippen LogP contribution in [0.2, 0.25) is 0 Å². The number of nitrogens with one attached hydrogen (secondary N) is 1. The minimum Gasteiger partial charge on any atom is -0.444 e. The third-order valence-electron chi connectivity index (χ3n) is 5.85. The van der Waals surface area contributed by atoms with Gasteiger partial charge in [0.05, 0.1) is 23.7 Å². The zero-order chi connectivity index (χ0) is 17.3. The number of ether oxygens (including phenoxy) is 2. The smallest absolute Gasteiger partial charge is 0.410 e. The molecular weight excluding hydrogens is 312 g/mol. The van der Waals surface area contributed by atoms with Crippen molar-refractivity contribution < 1.29 is 24.2 Å². The van der Waals surface area contributed by atoms with Crippen molar-refractivity contribution in [2.45, 2.75) is 81.8 Å². The van der Waals surface area contributed by atoms with Crippen molar-refractivity contribution in [2.24, 2.45) is 5.92 Å². The van der Waals surface area contributed by atoms with Crippen molar-refractivity contribution in [3.63, 3.8) is 0 Å². The first-order valence-corrected chi connectivity index (χ1v) is 8.77. The Kier molecular flexibility index (Phi) is 3.18. The predicted molar refractivity (Wildman–Crippen MR) is 84.4 cm³/mol. The van der Waals surface area contributed by atoms with Crippen molar-refractivity contribution in [3.05, 3.63) is 0 Å². The van der Waals surface area contributed by atoms with Gasteiger partial charge in [0.2, 0.25) is 0 Å². The van der Waals surface area contributed by atoms with E-state index in [0.717, 1.165) is 32.1 Å². The number of nitrogens with zero attached hydrogens (tertiary/aromatic N) is 1. The number of aliphatic hydroxyl groups excluding tert-OH is 1. The summed E-state index contributed by atoms with van der Waals surface area (Å²) in [5.74, 6) is 0.287. The molecule has 134 valence electrons. The first-order chi connectivity index (χ1) is 11.1. The maximum absolute atomic E-state index is 12.2. The van der Waals surface area contributed by atoms with Gasteiger partial charge in [-0.3, -0.25) is 4.90 Å². The average molecular weight is 338 g/mol.